The molecule has 0 unspecified atom stereocenters. The molecule has 1 heterocycles. The molecular formula is C14H15FN2O3. The summed E-state index contributed by atoms with van der Waals surface area (Å²) in [6.07, 6.45) is 0.724. The van der Waals surface area contributed by atoms with E-state index in [2.05, 4.69) is 10.5 Å². The van der Waals surface area contributed by atoms with Crippen LogP contribution in [0.25, 0.3) is 0 Å². The van der Waals surface area contributed by atoms with Gasteiger partial charge in [-0.3, -0.25) is 0 Å². The van der Waals surface area contributed by atoms with E-state index in [4.69, 9.17) is 9.63 Å². The second-order valence-corrected chi connectivity index (χ2v) is 4.38. The van der Waals surface area contributed by atoms with Gasteiger partial charge in [-0.25, -0.2) is 9.18 Å². The molecule has 0 fully saturated rings. The molecule has 1 aromatic carbocycles. The Hall–Kier alpha value is -2.37. The Morgan fingerprint density at radius 1 is 1.50 bits per heavy atom. The van der Waals surface area contributed by atoms with Crippen molar-refractivity contribution < 1.29 is 18.8 Å². The summed E-state index contributed by atoms with van der Waals surface area (Å²) < 4.78 is 18.5. The van der Waals surface area contributed by atoms with E-state index in [0.717, 1.165) is 29.5 Å². The topological polar surface area (TPSA) is 75.4 Å². The predicted molar refractivity (Wildman–Crippen MR) is 71.3 cm³/mol. The van der Waals surface area contributed by atoms with Gasteiger partial charge in [-0.15, -0.1) is 0 Å². The number of anilines is 1. The number of nitrogens with zero attached hydrogens (tertiary/aromatic N) is 1. The lowest BCUT2D eigenvalue weighted by Crippen LogP contribution is -2.05. The zero-order chi connectivity index (χ0) is 14.7. The molecule has 0 aliphatic carbocycles. The molecule has 5 nitrogen and oxygen atoms in total. The number of hydrogen-bond acceptors (Lipinski definition) is 4. The van der Waals surface area contributed by atoms with Gasteiger partial charge in [0.15, 0.2) is 0 Å². The second-order valence-electron chi connectivity index (χ2n) is 4.38. The third kappa shape index (κ3) is 2.79. The fraction of sp³-hybridized carbons (Fsp3) is 0.286. The molecule has 1 aromatic heterocycles. The van der Waals surface area contributed by atoms with Gasteiger partial charge in [-0.05, 0) is 25.1 Å². The molecule has 2 rings (SSSR count). The first-order chi connectivity index (χ1) is 9.52. The zero-order valence-electron chi connectivity index (χ0n) is 11.2. The van der Waals surface area contributed by atoms with Crippen LogP contribution in [0.5, 0.6) is 0 Å². The molecule has 0 atom stereocenters. The number of aryl methyl sites for hydroxylation is 2. The molecule has 0 amide bonds. The maximum Gasteiger partial charge on any atom is 0.338 e. The molecule has 6 heteroatoms. The Morgan fingerprint density at radius 3 is 2.90 bits per heavy atom. The average molecular weight is 278 g/mol. The number of hydrogen-bond donors (Lipinski definition) is 2. The summed E-state index contributed by atoms with van der Waals surface area (Å²) in [5, 5.41) is 15.8. The van der Waals surface area contributed by atoms with Crippen LogP contribution in [0.4, 0.5) is 10.1 Å². The van der Waals surface area contributed by atoms with E-state index in [0.29, 0.717) is 12.2 Å². The second kappa shape index (κ2) is 5.73. The number of carbonyl (C=O) groups is 1. The van der Waals surface area contributed by atoms with Gasteiger partial charge < -0.3 is 14.9 Å². The summed E-state index contributed by atoms with van der Waals surface area (Å²) in [4.78, 5) is 10.9. The summed E-state index contributed by atoms with van der Waals surface area (Å²) in [5.41, 5.74) is 1.91. The van der Waals surface area contributed by atoms with Crippen LogP contribution in [0, 0.1) is 12.7 Å². The lowest BCUT2D eigenvalue weighted by molar-refractivity contribution is 0.0692. The first-order valence-electron chi connectivity index (χ1n) is 6.23. The normalized spacial score (nSPS) is 10.6. The highest BCUT2D eigenvalue weighted by Crippen LogP contribution is 2.19. The van der Waals surface area contributed by atoms with E-state index >= 15 is 0 Å². The Morgan fingerprint density at radius 2 is 2.25 bits per heavy atom. The van der Waals surface area contributed by atoms with E-state index in [1.165, 1.54) is 12.1 Å². The number of nitrogens with one attached hydrogen (secondary N) is 1. The fourth-order valence-corrected chi connectivity index (χ4v) is 1.93. The van der Waals surface area contributed by atoms with Crippen molar-refractivity contribution >= 4 is 11.7 Å². The van der Waals surface area contributed by atoms with Crippen LogP contribution in [0.1, 0.15) is 34.3 Å². The summed E-state index contributed by atoms with van der Waals surface area (Å²) >= 11 is 0. The fourth-order valence-electron chi connectivity index (χ4n) is 1.93. The van der Waals surface area contributed by atoms with Crippen molar-refractivity contribution in [1.29, 1.82) is 0 Å². The van der Waals surface area contributed by atoms with Crippen LogP contribution in [-0.2, 0) is 13.0 Å². The molecule has 0 spiro atoms. The SMILES string of the molecule is CCc1onc(C)c1CNc1ccc(F)c(C(=O)O)c1. The summed E-state index contributed by atoms with van der Waals surface area (Å²) in [7, 11) is 0. The highest BCUT2D eigenvalue weighted by molar-refractivity contribution is 5.89. The molecule has 0 radical (unpaired) electrons. The van der Waals surface area contributed by atoms with E-state index in [-0.39, 0.29) is 5.56 Å². The highest BCUT2D eigenvalue weighted by Gasteiger charge is 2.13. The molecule has 0 saturated carbocycles. The molecule has 0 bridgehead atoms. The van der Waals surface area contributed by atoms with Crippen molar-refractivity contribution in [3.63, 3.8) is 0 Å². The number of rotatable bonds is 5. The van der Waals surface area contributed by atoms with Crippen molar-refractivity contribution in [2.24, 2.45) is 0 Å². The summed E-state index contributed by atoms with van der Waals surface area (Å²) in [6.45, 7) is 4.25. The molecule has 0 aliphatic rings. The number of halogens is 1. The molecule has 2 N–H and O–H groups in total. The molecule has 2 aromatic rings. The predicted octanol–water partition coefficient (Wildman–Crippen LogP) is 2.99. The third-order valence-corrected chi connectivity index (χ3v) is 3.05. The van der Waals surface area contributed by atoms with E-state index < -0.39 is 11.8 Å². The highest BCUT2D eigenvalue weighted by atomic mass is 19.1. The maximum absolute atomic E-state index is 13.3. The van der Waals surface area contributed by atoms with Crippen LogP contribution in [0.15, 0.2) is 22.7 Å². The lowest BCUT2D eigenvalue weighted by atomic mass is 10.1. The van der Waals surface area contributed by atoms with Crippen molar-refractivity contribution in [3.05, 3.63) is 46.6 Å². The molecule has 106 valence electrons. The Labute approximate surface area is 115 Å². The molecule has 0 saturated heterocycles. The Kier molecular flexibility index (Phi) is 4.02. The zero-order valence-corrected chi connectivity index (χ0v) is 11.2. The van der Waals surface area contributed by atoms with Crippen LogP contribution in [0.2, 0.25) is 0 Å². The molecule has 0 aliphatic heterocycles. The van der Waals surface area contributed by atoms with Crippen LogP contribution in [-0.4, -0.2) is 16.2 Å². The van der Waals surface area contributed by atoms with Gasteiger partial charge in [0, 0.05) is 24.2 Å². The largest absolute Gasteiger partial charge is 0.478 e. The number of carboxylic acid groups (broad SMARTS) is 1. The van der Waals surface area contributed by atoms with E-state index in [1.807, 2.05) is 13.8 Å². The van der Waals surface area contributed by atoms with Crippen molar-refractivity contribution in [2.45, 2.75) is 26.8 Å². The standard InChI is InChI=1S/C14H15FN2O3/c1-3-13-11(8(2)17-20-13)7-16-9-4-5-12(15)10(6-9)14(18)19/h4-6,16H,3,7H2,1-2H3,(H,18,19). The first-order valence-corrected chi connectivity index (χ1v) is 6.23. The first kappa shape index (κ1) is 14.0. The van der Waals surface area contributed by atoms with Crippen LogP contribution in [0.3, 0.4) is 0 Å². The van der Waals surface area contributed by atoms with Crippen LogP contribution < -0.4 is 5.32 Å². The number of aromatic carboxylic acids is 1. The molecule has 20 heavy (non-hydrogen) atoms. The third-order valence-electron chi connectivity index (χ3n) is 3.05. The molecular weight excluding hydrogens is 263 g/mol. The summed E-state index contributed by atoms with van der Waals surface area (Å²) in [5.74, 6) is -1.25. The average Bonchev–Trinajstić information content (AvgIpc) is 2.78. The minimum atomic E-state index is -1.29. The number of aromatic nitrogens is 1. The Bertz CT molecular complexity index is 637. The van der Waals surface area contributed by atoms with E-state index in [9.17, 15) is 9.18 Å². The number of carboxylic acids is 1. The van der Waals surface area contributed by atoms with Crippen LogP contribution >= 0.6 is 0 Å². The van der Waals surface area contributed by atoms with Gasteiger partial charge in [0.05, 0.1) is 11.3 Å². The van der Waals surface area contributed by atoms with Gasteiger partial charge in [0.2, 0.25) is 0 Å². The van der Waals surface area contributed by atoms with Crippen molar-refractivity contribution in [3.8, 4) is 0 Å². The Balaban J connectivity index is 2.17. The van der Waals surface area contributed by atoms with Gasteiger partial charge in [0.25, 0.3) is 0 Å². The van der Waals surface area contributed by atoms with E-state index in [1.54, 1.807) is 0 Å². The monoisotopic (exact) mass is 278 g/mol. The quantitative estimate of drug-likeness (QED) is 0.879. The lowest BCUT2D eigenvalue weighted by Gasteiger charge is -2.08. The van der Waals surface area contributed by atoms with Crippen molar-refractivity contribution in [1.82, 2.24) is 5.16 Å². The van der Waals surface area contributed by atoms with Gasteiger partial charge >= 0.3 is 5.97 Å². The minimum Gasteiger partial charge on any atom is -0.478 e. The smallest absolute Gasteiger partial charge is 0.338 e. The van der Waals surface area contributed by atoms with Gasteiger partial charge in [0.1, 0.15) is 11.6 Å². The number of benzene rings is 1. The maximum atomic E-state index is 13.3. The minimum absolute atomic E-state index is 0.354. The van der Waals surface area contributed by atoms with Crippen molar-refractivity contribution in [2.75, 3.05) is 5.32 Å². The van der Waals surface area contributed by atoms with Gasteiger partial charge in [-0.1, -0.05) is 12.1 Å². The van der Waals surface area contributed by atoms with Gasteiger partial charge in [-0.2, -0.15) is 0 Å². The summed E-state index contributed by atoms with van der Waals surface area (Å²) in [6, 6.07) is 3.90.